The predicted molar refractivity (Wildman–Crippen MR) is 92.1 cm³/mol. The van der Waals surface area contributed by atoms with E-state index in [0.717, 1.165) is 5.56 Å². The molecule has 0 N–H and O–H groups in total. The van der Waals surface area contributed by atoms with Gasteiger partial charge in [-0.25, -0.2) is 0 Å². The summed E-state index contributed by atoms with van der Waals surface area (Å²) in [6.07, 6.45) is 0.117. The summed E-state index contributed by atoms with van der Waals surface area (Å²) in [5.41, 5.74) is 1.12. The van der Waals surface area contributed by atoms with Gasteiger partial charge in [0.2, 0.25) is 0 Å². The molecule has 0 spiro atoms. The fourth-order valence-electron chi connectivity index (χ4n) is 2.10. The average Bonchev–Trinajstić information content (AvgIpc) is 2.35. The molecule has 0 aliphatic heterocycles. The summed E-state index contributed by atoms with van der Waals surface area (Å²) in [4.78, 5) is 0. The third-order valence-electron chi connectivity index (χ3n) is 2.74. The van der Waals surface area contributed by atoms with Crippen LogP contribution in [-0.4, -0.2) is 22.7 Å². The van der Waals surface area contributed by atoms with Gasteiger partial charge in [0.1, 0.15) is 6.10 Å². The van der Waals surface area contributed by atoms with Crippen molar-refractivity contribution in [3.8, 4) is 6.07 Å². The molecule has 0 aliphatic rings. The minimum Gasteiger partial charge on any atom is -0.411 e. The molecule has 2 unspecified atom stereocenters. The molecule has 21 heavy (non-hydrogen) atoms. The zero-order chi connectivity index (χ0) is 16.1. The van der Waals surface area contributed by atoms with Crippen molar-refractivity contribution in [2.75, 3.05) is 0 Å². The van der Waals surface area contributed by atoms with E-state index in [0.29, 0.717) is 6.42 Å². The Labute approximate surface area is 131 Å². The largest absolute Gasteiger partial charge is 0.411 e. The van der Waals surface area contributed by atoms with Gasteiger partial charge in [0.25, 0.3) is 0 Å². The first-order chi connectivity index (χ1) is 9.61. The van der Waals surface area contributed by atoms with Crippen LogP contribution in [0.15, 0.2) is 30.3 Å². The summed E-state index contributed by atoms with van der Waals surface area (Å²) in [6, 6.07) is 12.4. The molecule has 0 amide bonds. The van der Waals surface area contributed by atoms with E-state index in [4.69, 9.17) is 8.85 Å². The Morgan fingerprint density at radius 3 is 1.90 bits per heavy atom. The molecule has 0 radical (unpaired) electrons. The average molecular weight is 322 g/mol. The van der Waals surface area contributed by atoms with Crippen LogP contribution in [0.25, 0.3) is 0 Å². The number of rotatable bonds is 7. The van der Waals surface area contributed by atoms with Crippen molar-refractivity contribution in [3.63, 3.8) is 0 Å². The molecule has 1 rings (SSSR count). The Morgan fingerprint density at radius 1 is 0.952 bits per heavy atom. The van der Waals surface area contributed by atoms with E-state index in [2.05, 4.69) is 57.5 Å². The molecule has 3 nitrogen and oxygen atoms in total. The maximum atomic E-state index is 9.39. The second kappa shape index (κ2) is 7.36. The van der Waals surface area contributed by atoms with Gasteiger partial charge in [-0.15, -0.1) is 0 Å². The summed E-state index contributed by atoms with van der Waals surface area (Å²) in [5, 5.41) is 9.39. The van der Waals surface area contributed by atoms with Crippen LogP contribution in [0, 0.1) is 11.3 Å². The molecule has 0 saturated carbocycles. The zero-order valence-corrected chi connectivity index (χ0v) is 16.0. The van der Waals surface area contributed by atoms with Gasteiger partial charge in [0, 0.05) is 6.42 Å². The highest BCUT2D eigenvalue weighted by molar-refractivity contribution is 6.70. The van der Waals surface area contributed by atoms with Crippen LogP contribution < -0.4 is 0 Å². The summed E-state index contributed by atoms with van der Waals surface area (Å²) >= 11 is 0. The van der Waals surface area contributed by atoms with Crippen LogP contribution in [0.5, 0.6) is 0 Å². The molecule has 0 heterocycles. The lowest BCUT2D eigenvalue weighted by Gasteiger charge is -2.30. The van der Waals surface area contributed by atoms with E-state index < -0.39 is 22.7 Å². The third-order valence-corrected chi connectivity index (χ3v) is 4.72. The van der Waals surface area contributed by atoms with Gasteiger partial charge in [-0.2, -0.15) is 5.26 Å². The lowest BCUT2D eigenvalue weighted by Crippen LogP contribution is -2.34. The topological polar surface area (TPSA) is 42.2 Å². The molecule has 0 fully saturated rings. The minimum absolute atomic E-state index is 0.0705. The molecular formula is C16H27NO2Si2. The highest BCUT2D eigenvalue weighted by Crippen LogP contribution is 2.28. The quantitative estimate of drug-likeness (QED) is 0.683. The zero-order valence-electron chi connectivity index (χ0n) is 14.0. The van der Waals surface area contributed by atoms with Crippen LogP contribution in [0.4, 0.5) is 0 Å². The summed E-state index contributed by atoms with van der Waals surface area (Å²) in [7, 11) is -3.43. The smallest absolute Gasteiger partial charge is 0.185 e. The van der Waals surface area contributed by atoms with E-state index in [1.807, 2.05) is 18.2 Å². The van der Waals surface area contributed by atoms with E-state index in [-0.39, 0.29) is 6.10 Å². The maximum absolute atomic E-state index is 9.39. The SMILES string of the molecule is C[Si](C)(C)OC(C#N)CC(O[Si](C)(C)C)c1ccccc1. The van der Waals surface area contributed by atoms with Crippen LogP contribution in [-0.2, 0) is 8.85 Å². The molecule has 0 saturated heterocycles. The van der Waals surface area contributed by atoms with Gasteiger partial charge in [-0.3, -0.25) is 0 Å². The van der Waals surface area contributed by atoms with E-state index in [1.54, 1.807) is 0 Å². The van der Waals surface area contributed by atoms with E-state index in [1.165, 1.54) is 0 Å². The first-order valence-electron chi connectivity index (χ1n) is 7.41. The summed E-state index contributed by atoms with van der Waals surface area (Å²) < 4.78 is 12.3. The molecule has 116 valence electrons. The minimum atomic E-state index is -1.73. The second-order valence-electron chi connectivity index (χ2n) is 7.21. The standard InChI is InChI=1S/C16H27NO2Si2/c1-20(2,3)18-15(13-17)12-16(19-21(4,5)6)14-10-8-7-9-11-14/h7-11,15-16H,12H2,1-6H3. The van der Waals surface area contributed by atoms with E-state index >= 15 is 0 Å². The van der Waals surface area contributed by atoms with Crippen molar-refractivity contribution in [1.82, 2.24) is 0 Å². The molecule has 5 heteroatoms. The third kappa shape index (κ3) is 7.58. The van der Waals surface area contributed by atoms with Crippen molar-refractivity contribution in [1.29, 1.82) is 5.26 Å². The van der Waals surface area contributed by atoms with Gasteiger partial charge in [-0.05, 0) is 44.8 Å². The molecular weight excluding hydrogens is 294 g/mol. The number of benzene rings is 1. The van der Waals surface area contributed by atoms with Gasteiger partial charge in [-0.1, -0.05) is 30.3 Å². The number of nitriles is 1. The fraction of sp³-hybridized carbons (Fsp3) is 0.562. The molecule has 1 aromatic carbocycles. The number of hydrogen-bond acceptors (Lipinski definition) is 3. The van der Waals surface area contributed by atoms with Crippen LogP contribution >= 0.6 is 0 Å². The lowest BCUT2D eigenvalue weighted by atomic mass is 10.0. The van der Waals surface area contributed by atoms with Crippen molar-refractivity contribution in [2.24, 2.45) is 0 Å². The van der Waals surface area contributed by atoms with Gasteiger partial charge >= 0.3 is 0 Å². The molecule has 2 atom stereocenters. The molecule has 0 bridgehead atoms. The first kappa shape index (κ1) is 18.1. The van der Waals surface area contributed by atoms with Crippen LogP contribution in [0.1, 0.15) is 18.1 Å². The Kier molecular flexibility index (Phi) is 6.35. The van der Waals surface area contributed by atoms with E-state index in [9.17, 15) is 5.26 Å². The highest BCUT2D eigenvalue weighted by atomic mass is 28.4. The number of nitrogens with zero attached hydrogens (tertiary/aromatic N) is 1. The van der Waals surface area contributed by atoms with Gasteiger partial charge in [0.15, 0.2) is 16.6 Å². The molecule has 0 aliphatic carbocycles. The Bertz CT molecular complexity index is 472. The molecule has 1 aromatic rings. The Morgan fingerprint density at radius 2 is 1.48 bits per heavy atom. The van der Waals surface area contributed by atoms with Crippen molar-refractivity contribution in [3.05, 3.63) is 35.9 Å². The van der Waals surface area contributed by atoms with Gasteiger partial charge < -0.3 is 8.85 Å². The van der Waals surface area contributed by atoms with Crippen molar-refractivity contribution >= 4 is 16.6 Å². The second-order valence-corrected chi connectivity index (χ2v) is 16.1. The monoisotopic (exact) mass is 321 g/mol. The Hall–Kier alpha value is -0.936. The van der Waals surface area contributed by atoms with Crippen molar-refractivity contribution in [2.45, 2.75) is 57.9 Å². The lowest BCUT2D eigenvalue weighted by molar-refractivity contribution is 0.129. The summed E-state index contributed by atoms with van der Waals surface area (Å²) in [5.74, 6) is 0. The Balaban J connectivity index is 2.90. The fourth-order valence-corrected chi connectivity index (χ4v) is 4.18. The first-order valence-corrected chi connectivity index (χ1v) is 14.2. The van der Waals surface area contributed by atoms with Gasteiger partial charge in [0.05, 0.1) is 12.2 Å². The maximum Gasteiger partial charge on any atom is 0.185 e. The predicted octanol–water partition coefficient (Wildman–Crippen LogP) is 4.71. The van der Waals surface area contributed by atoms with Crippen LogP contribution in [0.2, 0.25) is 39.3 Å². The summed E-state index contributed by atoms with van der Waals surface area (Å²) in [6.45, 7) is 12.8. The van der Waals surface area contributed by atoms with Crippen molar-refractivity contribution < 1.29 is 8.85 Å². The molecule has 0 aromatic heterocycles. The number of hydrogen-bond donors (Lipinski definition) is 0. The highest BCUT2D eigenvalue weighted by Gasteiger charge is 2.28. The normalized spacial score (nSPS) is 15.3. The van der Waals surface area contributed by atoms with Crippen LogP contribution in [0.3, 0.4) is 0 Å².